The lowest BCUT2D eigenvalue weighted by atomic mass is 9.99. The van der Waals surface area contributed by atoms with Crippen molar-refractivity contribution in [2.75, 3.05) is 6.54 Å². The molecule has 0 radical (unpaired) electrons. The summed E-state index contributed by atoms with van der Waals surface area (Å²) in [4.78, 5) is 22.6. The number of hydrogen-bond donors (Lipinski definition) is 1. The standard InChI is InChI=1S/C22H19F2N9O2/c1-11-13(9-31(2)29-11)20-27-28-21(35-20)22(34)32-7-6-14-17(26-10-25-14)18(32)15-8-12-4-3-5-16(19(23)24)33(12)30-15/h3-5,8-10,18-19H,6-7H2,1-2H3,(H,25,26). The van der Waals surface area contributed by atoms with Crippen LogP contribution in [0.25, 0.3) is 17.0 Å². The number of carbonyl (C=O) groups excluding carboxylic acids is 1. The average Bonchev–Trinajstić information content (AvgIpc) is 3.62. The minimum Gasteiger partial charge on any atom is -0.412 e. The molecule has 6 heterocycles. The fourth-order valence-corrected chi connectivity index (χ4v) is 4.50. The highest BCUT2D eigenvalue weighted by molar-refractivity contribution is 5.90. The summed E-state index contributed by atoms with van der Waals surface area (Å²) >= 11 is 0. The van der Waals surface area contributed by atoms with Gasteiger partial charge in [-0.25, -0.2) is 18.3 Å². The molecule has 1 atom stereocenters. The Kier molecular flexibility index (Phi) is 4.72. The van der Waals surface area contributed by atoms with Gasteiger partial charge in [-0.2, -0.15) is 10.2 Å². The summed E-state index contributed by atoms with van der Waals surface area (Å²) in [6.45, 7) is 2.12. The van der Waals surface area contributed by atoms with Crippen molar-refractivity contribution < 1.29 is 18.0 Å². The second-order valence-electron chi connectivity index (χ2n) is 8.29. The molecule has 1 N–H and O–H groups in total. The molecule has 0 saturated heterocycles. The third-order valence-electron chi connectivity index (χ3n) is 6.08. The number of pyridine rings is 1. The largest absolute Gasteiger partial charge is 0.412 e. The maximum absolute atomic E-state index is 13.6. The summed E-state index contributed by atoms with van der Waals surface area (Å²) in [7, 11) is 1.77. The Morgan fingerprint density at radius 1 is 1.26 bits per heavy atom. The zero-order chi connectivity index (χ0) is 24.3. The SMILES string of the molecule is Cc1nn(C)cc1-c1nnc(C(=O)N2CCc3[nH]cnc3C2c2cc3cccc(C(F)F)n3n2)o1. The van der Waals surface area contributed by atoms with Crippen molar-refractivity contribution in [3.63, 3.8) is 0 Å². The van der Waals surface area contributed by atoms with Gasteiger partial charge in [0.15, 0.2) is 0 Å². The van der Waals surface area contributed by atoms with Gasteiger partial charge >= 0.3 is 11.8 Å². The van der Waals surface area contributed by atoms with E-state index in [4.69, 9.17) is 4.42 Å². The van der Waals surface area contributed by atoms with E-state index < -0.39 is 18.4 Å². The van der Waals surface area contributed by atoms with Crippen molar-refractivity contribution in [1.29, 1.82) is 0 Å². The normalized spacial score (nSPS) is 15.8. The highest BCUT2D eigenvalue weighted by Gasteiger charge is 2.38. The molecular weight excluding hydrogens is 460 g/mol. The Morgan fingerprint density at radius 3 is 2.89 bits per heavy atom. The first kappa shape index (κ1) is 21.1. The van der Waals surface area contributed by atoms with Crippen LogP contribution in [0.5, 0.6) is 0 Å². The van der Waals surface area contributed by atoms with Gasteiger partial charge in [0.05, 0.1) is 34.5 Å². The molecule has 178 valence electrons. The number of imidazole rings is 1. The van der Waals surface area contributed by atoms with Crippen molar-refractivity contribution in [3.8, 4) is 11.5 Å². The number of aromatic amines is 1. The lowest BCUT2D eigenvalue weighted by Crippen LogP contribution is -2.41. The molecule has 0 spiro atoms. The molecule has 1 aliphatic rings. The molecule has 1 amide bonds. The summed E-state index contributed by atoms with van der Waals surface area (Å²) < 4.78 is 35.7. The first-order valence-electron chi connectivity index (χ1n) is 10.8. The summed E-state index contributed by atoms with van der Waals surface area (Å²) in [5.41, 5.74) is 3.41. The molecule has 0 aliphatic carbocycles. The minimum atomic E-state index is -2.70. The second-order valence-corrected chi connectivity index (χ2v) is 8.29. The van der Waals surface area contributed by atoms with Crippen LogP contribution in [0, 0.1) is 6.92 Å². The van der Waals surface area contributed by atoms with Gasteiger partial charge in [0, 0.05) is 31.9 Å². The van der Waals surface area contributed by atoms with E-state index in [2.05, 4.69) is 30.4 Å². The number of amides is 1. The van der Waals surface area contributed by atoms with E-state index in [1.54, 1.807) is 49.4 Å². The minimum absolute atomic E-state index is 0.183. The summed E-state index contributed by atoms with van der Waals surface area (Å²) in [5.74, 6) is -0.512. The molecule has 1 unspecified atom stereocenters. The second kappa shape index (κ2) is 7.82. The number of carbonyl (C=O) groups is 1. The molecule has 1 aliphatic heterocycles. The van der Waals surface area contributed by atoms with E-state index >= 15 is 0 Å². The predicted octanol–water partition coefficient (Wildman–Crippen LogP) is 2.87. The molecule has 6 rings (SSSR count). The molecule has 35 heavy (non-hydrogen) atoms. The fourth-order valence-electron chi connectivity index (χ4n) is 4.50. The van der Waals surface area contributed by atoms with E-state index in [0.717, 1.165) is 5.69 Å². The van der Waals surface area contributed by atoms with Crippen LogP contribution < -0.4 is 0 Å². The number of hydrogen-bond acceptors (Lipinski definition) is 7. The molecule has 5 aromatic heterocycles. The molecule has 11 nitrogen and oxygen atoms in total. The molecule has 5 aromatic rings. The third kappa shape index (κ3) is 3.38. The average molecular weight is 479 g/mol. The number of H-pyrrole nitrogens is 1. The van der Waals surface area contributed by atoms with Crippen LogP contribution in [0.15, 0.2) is 41.2 Å². The first-order chi connectivity index (χ1) is 16.9. The van der Waals surface area contributed by atoms with E-state index in [0.29, 0.717) is 41.1 Å². The molecule has 0 bridgehead atoms. The number of halogens is 2. The topological polar surface area (TPSA) is 123 Å². The van der Waals surface area contributed by atoms with Gasteiger partial charge in [0.25, 0.3) is 12.3 Å². The van der Waals surface area contributed by atoms with Crippen LogP contribution in [-0.4, -0.2) is 56.9 Å². The Bertz CT molecular complexity index is 1560. The van der Waals surface area contributed by atoms with Crippen molar-refractivity contribution in [1.82, 2.24) is 44.5 Å². The Hall–Kier alpha value is -4.42. The van der Waals surface area contributed by atoms with Gasteiger partial charge in [0.2, 0.25) is 0 Å². The molecule has 0 aromatic carbocycles. The molecule has 0 saturated carbocycles. The number of aryl methyl sites for hydroxylation is 2. The quantitative estimate of drug-likeness (QED) is 0.420. The first-order valence-corrected chi connectivity index (χ1v) is 10.8. The highest BCUT2D eigenvalue weighted by Crippen LogP contribution is 2.35. The van der Waals surface area contributed by atoms with E-state index in [1.165, 1.54) is 15.5 Å². The van der Waals surface area contributed by atoms with Gasteiger partial charge in [-0.1, -0.05) is 6.07 Å². The van der Waals surface area contributed by atoms with Crippen LogP contribution in [0.2, 0.25) is 0 Å². The smallest absolute Gasteiger partial charge is 0.312 e. The predicted molar refractivity (Wildman–Crippen MR) is 117 cm³/mol. The van der Waals surface area contributed by atoms with Gasteiger partial charge in [-0.3, -0.25) is 9.48 Å². The zero-order valence-electron chi connectivity index (χ0n) is 18.7. The third-order valence-corrected chi connectivity index (χ3v) is 6.08. The van der Waals surface area contributed by atoms with E-state index in [-0.39, 0.29) is 17.5 Å². The molecule has 0 fully saturated rings. The van der Waals surface area contributed by atoms with Crippen LogP contribution in [0.1, 0.15) is 51.6 Å². The van der Waals surface area contributed by atoms with Gasteiger partial charge in [-0.15, -0.1) is 10.2 Å². The van der Waals surface area contributed by atoms with Gasteiger partial charge < -0.3 is 14.3 Å². The maximum atomic E-state index is 13.6. The van der Waals surface area contributed by atoms with E-state index in [9.17, 15) is 13.6 Å². The number of fused-ring (bicyclic) bond motifs is 2. The Balaban J connectivity index is 1.41. The summed E-state index contributed by atoms with van der Waals surface area (Å²) in [6.07, 6.45) is 1.09. The number of aromatic nitrogens is 8. The number of nitrogens with zero attached hydrogens (tertiary/aromatic N) is 8. The van der Waals surface area contributed by atoms with E-state index in [1.807, 2.05) is 0 Å². The summed E-state index contributed by atoms with van der Waals surface area (Å²) in [6, 6.07) is 5.51. The van der Waals surface area contributed by atoms with Crippen LogP contribution in [-0.2, 0) is 13.5 Å². The number of alkyl halides is 2. The van der Waals surface area contributed by atoms with Crippen LogP contribution in [0.3, 0.4) is 0 Å². The summed E-state index contributed by atoms with van der Waals surface area (Å²) in [5, 5.41) is 16.7. The van der Waals surface area contributed by atoms with Crippen molar-refractivity contribution in [2.45, 2.75) is 25.8 Å². The highest BCUT2D eigenvalue weighted by atomic mass is 19.3. The van der Waals surface area contributed by atoms with Crippen molar-refractivity contribution in [3.05, 3.63) is 71.1 Å². The monoisotopic (exact) mass is 479 g/mol. The Morgan fingerprint density at radius 2 is 2.11 bits per heavy atom. The van der Waals surface area contributed by atoms with Gasteiger partial charge in [0.1, 0.15) is 11.7 Å². The lowest BCUT2D eigenvalue weighted by Gasteiger charge is -2.32. The zero-order valence-corrected chi connectivity index (χ0v) is 18.7. The fraction of sp³-hybridized carbons (Fsp3) is 0.273. The molecule has 13 heteroatoms. The maximum Gasteiger partial charge on any atom is 0.312 e. The van der Waals surface area contributed by atoms with Crippen LogP contribution >= 0.6 is 0 Å². The molecular formula is C22H19F2N9O2. The Labute approximate surface area is 196 Å². The van der Waals surface area contributed by atoms with Crippen LogP contribution in [0.4, 0.5) is 8.78 Å². The van der Waals surface area contributed by atoms with Gasteiger partial charge in [-0.05, 0) is 25.1 Å². The lowest BCUT2D eigenvalue weighted by molar-refractivity contribution is 0.0646. The van der Waals surface area contributed by atoms with Crippen molar-refractivity contribution >= 4 is 11.4 Å². The number of nitrogens with one attached hydrogen (secondary N) is 1. The van der Waals surface area contributed by atoms with Crippen molar-refractivity contribution in [2.24, 2.45) is 7.05 Å². The number of rotatable bonds is 4.